The van der Waals surface area contributed by atoms with E-state index in [9.17, 15) is 13.9 Å². The first-order valence-electron chi connectivity index (χ1n) is 7.13. The Hall–Kier alpha value is -2.53. The van der Waals surface area contributed by atoms with Gasteiger partial charge in [0.15, 0.2) is 17.4 Å². The van der Waals surface area contributed by atoms with Crippen LogP contribution in [0, 0.1) is 25.5 Å². The van der Waals surface area contributed by atoms with Crippen LogP contribution in [-0.4, -0.2) is 10.3 Å². The number of aliphatic hydroxyl groups is 1. The van der Waals surface area contributed by atoms with Gasteiger partial charge in [-0.1, -0.05) is 28.4 Å². The molecule has 0 unspecified atom stereocenters. The topological polar surface area (TPSA) is 46.3 Å². The van der Waals surface area contributed by atoms with E-state index in [1.165, 1.54) is 12.1 Å². The number of aliphatic hydroxyl groups excluding tert-OH is 1. The Labute approximate surface area is 132 Å². The van der Waals surface area contributed by atoms with Crippen molar-refractivity contribution in [3.05, 3.63) is 64.7 Å². The molecule has 0 saturated heterocycles. The van der Waals surface area contributed by atoms with Gasteiger partial charge in [0.25, 0.3) is 0 Å². The summed E-state index contributed by atoms with van der Waals surface area (Å²) in [4.78, 5) is 0. The molecule has 0 aliphatic carbocycles. The number of aryl methyl sites for hydroxylation is 2. The molecule has 3 aromatic rings. The molecule has 0 bridgehead atoms. The van der Waals surface area contributed by atoms with E-state index in [1.807, 2.05) is 32.0 Å². The first kappa shape index (κ1) is 15.4. The average Bonchev–Trinajstić information content (AvgIpc) is 2.92. The van der Waals surface area contributed by atoms with Crippen molar-refractivity contribution in [1.82, 2.24) is 5.16 Å². The van der Waals surface area contributed by atoms with Crippen LogP contribution in [0.5, 0.6) is 0 Å². The van der Waals surface area contributed by atoms with Crippen LogP contribution in [0.4, 0.5) is 8.78 Å². The Balaban J connectivity index is 2.19. The Bertz CT molecular complexity index is 851. The molecule has 0 saturated carbocycles. The van der Waals surface area contributed by atoms with E-state index in [-0.39, 0.29) is 11.3 Å². The van der Waals surface area contributed by atoms with Gasteiger partial charge in [0.1, 0.15) is 5.69 Å². The zero-order valence-electron chi connectivity index (χ0n) is 12.7. The van der Waals surface area contributed by atoms with Crippen molar-refractivity contribution in [2.24, 2.45) is 0 Å². The molecule has 0 amide bonds. The normalized spacial score (nSPS) is 11.0. The number of nitrogens with zero attached hydrogens (tertiary/aromatic N) is 1. The van der Waals surface area contributed by atoms with Crippen molar-refractivity contribution < 1.29 is 18.4 Å². The molecule has 0 atom stereocenters. The van der Waals surface area contributed by atoms with E-state index < -0.39 is 18.2 Å². The molecule has 1 aromatic heterocycles. The molecule has 0 radical (unpaired) electrons. The van der Waals surface area contributed by atoms with E-state index in [4.69, 9.17) is 4.52 Å². The number of hydrogen-bond acceptors (Lipinski definition) is 3. The Kier molecular flexibility index (Phi) is 3.96. The highest BCUT2D eigenvalue weighted by Gasteiger charge is 2.22. The lowest BCUT2D eigenvalue weighted by molar-refractivity contribution is 0.281. The van der Waals surface area contributed by atoms with Crippen LogP contribution < -0.4 is 0 Å². The average molecular weight is 315 g/mol. The van der Waals surface area contributed by atoms with Crippen LogP contribution in [-0.2, 0) is 6.61 Å². The van der Waals surface area contributed by atoms with Crippen molar-refractivity contribution >= 4 is 0 Å². The zero-order chi connectivity index (χ0) is 16.6. The molecule has 0 fully saturated rings. The maximum Gasteiger partial charge on any atom is 0.173 e. The lowest BCUT2D eigenvalue weighted by Crippen LogP contribution is -1.94. The van der Waals surface area contributed by atoms with E-state index >= 15 is 0 Å². The minimum Gasteiger partial charge on any atom is -0.391 e. The number of halogens is 2. The number of benzene rings is 2. The molecule has 3 nitrogen and oxygen atoms in total. The van der Waals surface area contributed by atoms with Gasteiger partial charge in [-0.05, 0) is 38.1 Å². The van der Waals surface area contributed by atoms with Gasteiger partial charge in [0, 0.05) is 11.1 Å². The van der Waals surface area contributed by atoms with Gasteiger partial charge in [-0.2, -0.15) is 0 Å². The third kappa shape index (κ3) is 2.75. The van der Waals surface area contributed by atoms with Crippen LogP contribution >= 0.6 is 0 Å². The third-order valence-corrected chi connectivity index (χ3v) is 3.64. The predicted octanol–water partition coefficient (Wildman–Crippen LogP) is 4.40. The molecule has 0 spiro atoms. The molecule has 1 heterocycles. The maximum atomic E-state index is 14.0. The van der Waals surface area contributed by atoms with Gasteiger partial charge in [0.05, 0.1) is 12.2 Å². The molecule has 0 aliphatic rings. The highest BCUT2D eigenvalue weighted by atomic mass is 19.2. The highest BCUT2D eigenvalue weighted by molar-refractivity contribution is 5.73. The fourth-order valence-electron chi connectivity index (χ4n) is 2.69. The lowest BCUT2D eigenvalue weighted by atomic mass is 10.00. The first-order chi connectivity index (χ1) is 11.0. The largest absolute Gasteiger partial charge is 0.391 e. The summed E-state index contributed by atoms with van der Waals surface area (Å²) in [5.41, 5.74) is 3.20. The van der Waals surface area contributed by atoms with Gasteiger partial charge in [0.2, 0.25) is 0 Å². The second kappa shape index (κ2) is 5.93. The number of hydrogen-bond donors (Lipinski definition) is 1. The molecule has 23 heavy (non-hydrogen) atoms. The van der Waals surface area contributed by atoms with Gasteiger partial charge in [-0.25, -0.2) is 8.78 Å². The summed E-state index contributed by atoms with van der Waals surface area (Å²) in [6.45, 7) is 3.49. The fraction of sp³-hybridized carbons (Fsp3) is 0.167. The second-order valence-electron chi connectivity index (χ2n) is 5.47. The predicted molar refractivity (Wildman–Crippen MR) is 82.7 cm³/mol. The van der Waals surface area contributed by atoms with Crippen LogP contribution in [0.25, 0.3) is 22.6 Å². The smallest absolute Gasteiger partial charge is 0.173 e. The minimum atomic E-state index is -1.01. The molecule has 1 N–H and O–H groups in total. The van der Waals surface area contributed by atoms with Crippen molar-refractivity contribution in [2.75, 3.05) is 0 Å². The van der Waals surface area contributed by atoms with E-state index in [0.29, 0.717) is 11.3 Å². The van der Waals surface area contributed by atoms with Crippen LogP contribution in [0.2, 0.25) is 0 Å². The van der Waals surface area contributed by atoms with Gasteiger partial charge in [-0.15, -0.1) is 0 Å². The lowest BCUT2D eigenvalue weighted by Gasteiger charge is -2.05. The van der Waals surface area contributed by atoms with Crippen LogP contribution in [0.15, 0.2) is 40.9 Å². The van der Waals surface area contributed by atoms with Crippen molar-refractivity contribution in [2.45, 2.75) is 20.5 Å². The quantitative estimate of drug-likeness (QED) is 0.779. The SMILES string of the molecule is Cc1cc(C)cc(-c2onc(-c3cccc(F)c3F)c2CO)c1. The van der Waals surface area contributed by atoms with Gasteiger partial charge >= 0.3 is 0 Å². The molecule has 118 valence electrons. The summed E-state index contributed by atoms with van der Waals surface area (Å²) in [6.07, 6.45) is 0. The summed E-state index contributed by atoms with van der Waals surface area (Å²) in [7, 11) is 0. The first-order valence-corrected chi connectivity index (χ1v) is 7.13. The van der Waals surface area contributed by atoms with Gasteiger partial charge in [-0.3, -0.25) is 0 Å². The van der Waals surface area contributed by atoms with E-state index in [0.717, 1.165) is 22.8 Å². The van der Waals surface area contributed by atoms with Crippen molar-refractivity contribution in [3.8, 4) is 22.6 Å². The number of aromatic nitrogens is 1. The summed E-state index contributed by atoms with van der Waals surface area (Å²) in [5, 5.41) is 13.5. The Morgan fingerprint density at radius 3 is 2.43 bits per heavy atom. The van der Waals surface area contributed by atoms with Gasteiger partial charge < -0.3 is 9.63 Å². The van der Waals surface area contributed by atoms with Crippen LogP contribution in [0.1, 0.15) is 16.7 Å². The van der Waals surface area contributed by atoms with Crippen LogP contribution in [0.3, 0.4) is 0 Å². The summed E-state index contributed by atoms with van der Waals surface area (Å²) < 4.78 is 32.8. The molecule has 2 aromatic carbocycles. The minimum absolute atomic E-state index is 0.0339. The zero-order valence-corrected chi connectivity index (χ0v) is 12.7. The van der Waals surface area contributed by atoms with E-state index in [2.05, 4.69) is 5.16 Å². The molecular formula is C18H15F2NO2. The molecule has 0 aliphatic heterocycles. The molecule has 3 rings (SSSR count). The monoisotopic (exact) mass is 315 g/mol. The fourth-order valence-corrected chi connectivity index (χ4v) is 2.69. The maximum absolute atomic E-state index is 14.0. The van der Waals surface area contributed by atoms with Crippen molar-refractivity contribution in [1.29, 1.82) is 0 Å². The van der Waals surface area contributed by atoms with Crippen molar-refractivity contribution in [3.63, 3.8) is 0 Å². The second-order valence-corrected chi connectivity index (χ2v) is 5.47. The Morgan fingerprint density at radius 1 is 1.09 bits per heavy atom. The Morgan fingerprint density at radius 2 is 1.78 bits per heavy atom. The third-order valence-electron chi connectivity index (χ3n) is 3.64. The highest BCUT2D eigenvalue weighted by Crippen LogP contribution is 2.34. The summed E-state index contributed by atoms with van der Waals surface area (Å²) in [5.74, 6) is -1.62. The summed E-state index contributed by atoms with van der Waals surface area (Å²) >= 11 is 0. The standard InChI is InChI=1S/C18H15F2NO2/c1-10-6-11(2)8-12(7-10)18-14(9-22)17(21-23-18)13-4-3-5-15(19)16(13)20/h3-8,22H,9H2,1-2H3. The molecule has 5 heteroatoms. The number of rotatable bonds is 3. The molecular weight excluding hydrogens is 300 g/mol. The summed E-state index contributed by atoms with van der Waals surface area (Å²) in [6, 6.07) is 9.60. The van der Waals surface area contributed by atoms with E-state index in [1.54, 1.807) is 0 Å².